The van der Waals surface area contributed by atoms with Crippen molar-refractivity contribution in [3.8, 4) is 5.75 Å². The number of likely N-dealkylation sites (tertiary alicyclic amines) is 1. The molecule has 1 aliphatic heterocycles. The van der Waals surface area contributed by atoms with Crippen LogP contribution in [0.25, 0.3) is 0 Å². The molecule has 4 heteroatoms. The Morgan fingerprint density at radius 1 is 1.08 bits per heavy atom. The summed E-state index contributed by atoms with van der Waals surface area (Å²) >= 11 is 0. The van der Waals surface area contributed by atoms with Gasteiger partial charge in [0.15, 0.2) is 0 Å². The Kier molecular flexibility index (Phi) is 7.93. The minimum atomic E-state index is -0.432. The molecule has 4 nitrogen and oxygen atoms in total. The van der Waals surface area contributed by atoms with Gasteiger partial charge in [-0.15, -0.1) is 0 Å². The Balaban J connectivity index is 1.60. The van der Waals surface area contributed by atoms with Crippen LogP contribution in [0.1, 0.15) is 46.6 Å². The smallest absolute Gasteiger partial charge is 0.119 e. The highest BCUT2D eigenvalue weighted by Gasteiger charge is 2.23. The summed E-state index contributed by atoms with van der Waals surface area (Å²) in [5.41, 5.74) is 1.45. The molecule has 148 valence electrons. The van der Waals surface area contributed by atoms with Crippen LogP contribution in [0, 0.1) is 11.8 Å². The van der Waals surface area contributed by atoms with Crippen LogP contribution in [-0.4, -0.2) is 55.6 Å². The fourth-order valence-electron chi connectivity index (χ4n) is 3.78. The lowest BCUT2D eigenvalue weighted by atomic mass is 9.87. The zero-order chi connectivity index (χ0) is 19.2. The molecular formula is C22H37NO3. The summed E-state index contributed by atoms with van der Waals surface area (Å²) in [5.74, 6) is 2.29. The van der Waals surface area contributed by atoms with E-state index in [9.17, 15) is 5.11 Å². The first kappa shape index (κ1) is 21.2. The predicted octanol–water partition coefficient (Wildman–Crippen LogP) is 3.72. The number of hydrogen-bond acceptors (Lipinski definition) is 4. The van der Waals surface area contributed by atoms with E-state index in [0.29, 0.717) is 38.2 Å². The minimum absolute atomic E-state index is 0.154. The number of benzene rings is 1. The van der Waals surface area contributed by atoms with Gasteiger partial charge in [-0.05, 0) is 41.4 Å². The molecule has 1 N–H and O–H groups in total. The highest BCUT2D eigenvalue weighted by Crippen LogP contribution is 2.24. The topological polar surface area (TPSA) is 41.9 Å². The molecule has 1 fully saturated rings. The molecule has 1 aromatic carbocycles. The van der Waals surface area contributed by atoms with Crippen molar-refractivity contribution in [1.29, 1.82) is 0 Å². The maximum Gasteiger partial charge on any atom is 0.119 e. The van der Waals surface area contributed by atoms with E-state index in [1.807, 2.05) is 12.1 Å². The number of piperidine rings is 1. The molecule has 0 aliphatic carbocycles. The highest BCUT2D eigenvalue weighted by atomic mass is 16.5. The van der Waals surface area contributed by atoms with Gasteiger partial charge in [0.25, 0.3) is 0 Å². The third-order valence-electron chi connectivity index (χ3n) is 4.94. The molecule has 26 heavy (non-hydrogen) atoms. The Morgan fingerprint density at radius 2 is 1.69 bits per heavy atom. The zero-order valence-corrected chi connectivity index (χ0v) is 17.2. The molecule has 1 aromatic rings. The van der Waals surface area contributed by atoms with Gasteiger partial charge in [-0.25, -0.2) is 0 Å². The summed E-state index contributed by atoms with van der Waals surface area (Å²) in [6, 6.07) is 8.24. The van der Waals surface area contributed by atoms with E-state index in [1.165, 1.54) is 12.0 Å². The first-order chi connectivity index (χ1) is 12.2. The second-order valence-corrected chi connectivity index (χ2v) is 9.02. The van der Waals surface area contributed by atoms with Crippen LogP contribution in [0.5, 0.6) is 5.75 Å². The fraction of sp³-hybridized carbons (Fsp3) is 0.727. The Morgan fingerprint density at radius 3 is 2.27 bits per heavy atom. The van der Waals surface area contributed by atoms with Crippen molar-refractivity contribution in [3.05, 3.63) is 29.8 Å². The molecule has 0 amide bonds. The van der Waals surface area contributed by atoms with E-state index < -0.39 is 6.10 Å². The van der Waals surface area contributed by atoms with E-state index in [4.69, 9.17) is 9.47 Å². The van der Waals surface area contributed by atoms with E-state index in [-0.39, 0.29) is 5.41 Å². The van der Waals surface area contributed by atoms with Crippen LogP contribution in [0.15, 0.2) is 24.3 Å². The van der Waals surface area contributed by atoms with Gasteiger partial charge in [-0.2, -0.15) is 0 Å². The lowest BCUT2D eigenvalue weighted by molar-refractivity contribution is -0.00211. The Hall–Kier alpha value is -1.10. The standard InChI is InChI=1S/C22H37NO3/c1-17-12-18(2)14-23(13-17)15-20(24)16-25-10-11-26-21-8-6-19(7-9-21)22(3,4)5/h6-9,17-18,20,24H,10-16H2,1-5H3/t17-,18+,20-/m1/s1. The Bertz CT molecular complexity index is 513. The number of nitrogens with zero attached hydrogens (tertiary/aromatic N) is 1. The number of ether oxygens (including phenoxy) is 2. The van der Waals surface area contributed by atoms with Crippen molar-refractivity contribution in [3.63, 3.8) is 0 Å². The van der Waals surface area contributed by atoms with Crippen LogP contribution in [0.2, 0.25) is 0 Å². The molecule has 0 saturated carbocycles. The van der Waals surface area contributed by atoms with Crippen molar-refractivity contribution in [2.24, 2.45) is 11.8 Å². The summed E-state index contributed by atoms with van der Waals surface area (Å²) < 4.78 is 11.3. The van der Waals surface area contributed by atoms with Gasteiger partial charge in [-0.3, -0.25) is 0 Å². The molecule has 0 unspecified atom stereocenters. The van der Waals surface area contributed by atoms with Crippen molar-refractivity contribution in [2.75, 3.05) is 39.5 Å². The molecule has 1 heterocycles. The van der Waals surface area contributed by atoms with Crippen LogP contribution in [0.4, 0.5) is 0 Å². The minimum Gasteiger partial charge on any atom is -0.491 e. The van der Waals surface area contributed by atoms with E-state index >= 15 is 0 Å². The first-order valence-corrected chi connectivity index (χ1v) is 9.95. The summed E-state index contributed by atoms with van der Waals surface area (Å²) in [4.78, 5) is 2.36. The SMILES string of the molecule is C[C@@H]1C[C@H](C)CN(C[C@@H](O)COCCOc2ccc(C(C)(C)C)cc2)C1. The monoisotopic (exact) mass is 363 g/mol. The van der Waals surface area contributed by atoms with Crippen LogP contribution >= 0.6 is 0 Å². The first-order valence-electron chi connectivity index (χ1n) is 9.95. The van der Waals surface area contributed by atoms with E-state index in [1.54, 1.807) is 0 Å². The van der Waals surface area contributed by atoms with Gasteiger partial charge in [0.2, 0.25) is 0 Å². The predicted molar refractivity (Wildman–Crippen MR) is 107 cm³/mol. The van der Waals surface area contributed by atoms with Crippen molar-refractivity contribution >= 4 is 0 Å². The van der Waals surface area contributed by atoms with Crippen LogP contribution in [-0.2, 0) is 10.2 Å². The summed E-state index contributed by atoms with van der Waals surface area (Å²) in [5, 5.41) is 10.2. The van der Waals surface area contributed by atoms with Crippen molar-refractivity contribution in [1.82, 2.24) is 4.90 Å². The molecule has 0 bridgehead atoms. The number of rotatable bonds is 8. The Labute approximate surface area is 159 Å². The third kappa shape index (κ3) is 7.26. The quantitative estimate of drug-likeness (QED) is 0.715. The van der Waals surface area contributed by atoms with E-state index in [2.05, 4.69) is 51.7 Å². The summed E-state index contributed by atoms with van der Waals surface area (Å²) in [7, 11) is 0. The molecule has 1 saturated heterocycles. The maximum atomic E-state index is 10.2. The van der Waals surface area contributed by atoms with Crippen LogP contribution < -0.4 is 4.74 Å². The number of hydrogen-bond donors (Lipinski definition) is 1. The zero-order valence-electron chi connectivity index (χ0n) is 17.2. The lowest BCUT2D eigenvalue weighted by Crippen LogP contribution is -2.43. The molecule has 1 aliphatic rings. The molecule has 0 spiro atoms. The fourth-order valence-corrected chi connectivity index (χ4v) is 3.78. The highest BCUT2D eigenvalue weighted by molar-refractivity contribution is 5.31. The van der Waals surface area contributed by atoms with Gasteiger partial charge in [-0.1, -0.05) is 46.8 Å². The van der Waals surface area contributed by atoms with Gasteiger partial charge >= 0.3 is 0 Å². The van der Waals surface area contributed by atoms with Gasteiger partial charge in [0, 0.05) is 19.6 Å². The maximum absolute atomic E-state index is 10.2. The lowest BCUT2D eigenvalue weighted by Gasteiger charge is -2.35. The average Bonchev–Trinajstić information content (AvgIpc) is 2.53. The average molecular weight is 364 g/mol. The number of β-amino-alcohol motifs (C(OH)–C–C–N with tert-alkyl or cyclic N) is 1. The van der Waals surface area contributed by atoms with Gasteiger partial charge in [0.1, 0.15) is 12.4 Å². The number of aliphatic hydroxyl groups excluding tert-OH is 1. The van der Waals surface area contributed by atoms with Crippen LogP contribution in [0.3, 0.4) is 0 Å². The summed E-state index contributed by atoms with van der Waals surface area (Å²) in [6.45, 7) is 15.4. The van der Waals surface area contributed by atoms with Crippen molar-refractivity contribution in [2.45, 2.75) is 52.6 Å². The largest absolute Gasteiger partial charge is 0.491 e. The summed E-state index contributed by atoms with van der Waals surface area (Å²) in [6.07, 6.45) is 0.857. The molecular weight excluding hydrogens is 326 g/mol. The normalized spacial score (nSPS) is 23.0. The van der Waals surface area contributed by atoms with Crippen molar-refractivity contribution < 1.29 is 14.6 Å². The second-order valence-electron chi connectivity index (χ2n) is 9.02. The van der Waals surface area contributed by atoms with E-state index in [0.717, 1.165) is 18.8 Å². The second kappa shape index (κ2) is 9.72. The molecule has 0 radical (unpaired) electrons. The molecule has 2 rings (SSSR count). The molecule has 0 aromatic heterocycles. The third-order valence-corrected chi connectivity index (χ3v) is 4.94. The van der Waals surface area contributed by atoms with Gasteiger partial charge < -0.3 is 19.5 Å². The number of aliphatic hydroxyl groups is 1. The molecule has 3 atom stereocenters. The van der Waals surface area contributed by atoms with Gasteiger partial charge in [0.05, 0.1) is 19.3 Å².